The van der Waals surface area contributed by atoms with Crippen LogP contribution in [0.25, 0.3) is 0 Å². The number of pyridine rings is 1. The van der Waals surface area contributed by atoms with E-state index < -0.39 is 0 Å². The summed E-state index contributed by atoms with van der Waals surface area (Å²) < 4.78 is 5.57. The SMILES string of the molecule is CC(C)OCc1ccc(CNc2ccc(C#N)cn2)cc1. The number of anilines is 1. The van der Waals surface area contributed by atoms with Gasteiger partial charge in [-0.3, -0.25) is 0 Å². The van der Waals surface area contributed by atoms with Gasteiger partial charge in [0.15, 0.2) is 0 Å². The van der Waals surface area contributed by atoms with Crippen molar-refractivity contribution in [1.82, 2.24) is 4.98 Å². The molecule has 0 atom stereocenters. The number of nitrogens with zero attached hydrogens (tertiary/aromatic N) is 2. The Hall–Kier alpha value is -2.38. The summed E-state index contributed by atoms with van der Waals surface area (Å²) in [6.45, 7) is 5.40. The van der Waals surface area contributed by atoms with Crippen molar-refractivity contribution >= 4 is 5.82 Å². The minimum absolute atomic E-state index is 0.244. The molecule has 0 saturated carbocycles. The van der Waals surface area contributed by atoms with Gasteiger partial charge in [-0.25, -0.2) is 4.98 Å². The summed E-state index contributed by atoms with van der Waals surface area (Å²) in [6.07, 6.45) is 1.81. The minimum atomic E-state index is 0.244. The van der Waals surface area contributed by atoms with Crippen molar-refractivity contribution < 1.29 is 4.74 Å². The summed E-state index contributed by atoms with van der Waals surface area (Å²) >= 11 is 0. The first kappa shape index (κ1) is 15.0. The fourth-order valence-electron chi connectivity index (χ4n) is 1.77. The molecule has 0 aliphatic rings. The van der Waals surface area contributed by atoms with Gasteiger partial charge in [0.25, 0.3) is 0 Å². The highest BCUT2D eigenvalue weighted by atomic mass is 16.5. The smallest absolute Gasteiger partial charge is 0.126 e. The molecule has 0 spiro atoms. The van der Waals surface area contributed by atoms with Crippen LogP contribution in [0.5, 0.6) is 0 Å². The maximum Gasteiger partial charge on any atom is 0.126 e. The third-order valence-corrected chi connectivity index (χ3v) is 2.97. The summed E-state index contributed by atoms with van der Waals surface area (Å²) in [5.41, 5.74) is 2.91. The lowest BCUT2D eigenvalue weighted by Crippen LogP contribution is -2.03. The van der Waals surface area contributed by atoms with Crippen LogP contribution >= 0.6 is 0 Å². The molecule has 0 bridgehead atoms. The Morgan fingerprint density at radius 2 is 1.86 bits per heavy atom. The highest BCUT2D eigenvalue weighted by Crippen LogP contribution is 2.10. The van der Waals surface area contributed by atoms with Gasteiger partial charge in [-0.05, 0) is 37.1 Å². The molecule has 4 nitrogen and oxygen atoms in total. The maximum absolute atomic E-state index is 8.72. The van der Waals surface area contributed by atoms with Gasteiger partial charge in [-0.15, -0.1) is 0 Å². The Labute approximate surface area is 125 Å². The number of hydrogen-bond acceptors (Lipinski definition) is 4. The van der Waals surface area contributed by atoms with Crippen molar-refractivity contribution in [3.8, 4) is 6.07 Å². The Bertz CT molecular complexity index is 597. The molecule has 0 saturated heterocycles. The van der Waals surface area contributed by atoms with Crippen molar-refractivity contribution in [3.05, 3.63) is 59.3 Å². The highest BCUT2D eigenvalue weighted by Gasteiger charge is 1.99. The average molecular weight is 281 g/mol. The molecular weight excluding hydrogens is 262 g/mol. The number of nitriles is 1. The zero-order valence-corrected chi connectivity index (χ0v) is 12.3. The molecule has 0 fully saturated rings. The summed E-state index contributed by atoms with van der Waals surface area (Å²) in [7, 11) is 0. The van der Waals surface area contributed by atoms with E-state index in [1.165, 1.54) is 11.1 Å². The highest BCUT2D eigenvalue weighted by molar-refractivity contribution is 5.39. The van der Waals surface area contributed by atoms with Crippen molar-refractivity contribution in [2.75, 3.05) is 5.32 Å². The monoisotopic (exact) mass is 281 g/mol. The van der Waals surface area contributed by atoms with Gasteiger partial charge in [0.1, 0.15) is 11.9 Å². The molecule has 0 aliphatic heterocycles. The normalized spacial score (nSPS) is 10.4. The van der Waals surface area contributed by atoms with Gasteiger partial charge < -0.3 is 10.1 Å². The first-order valence-corrected chi connectivity index (χ1v) is 6.97. The molecule has 2 aromatic rings. The van der Waals surface area contributed by atoms with E-state index in [2.05, 4.69) is 40.6 Å². The first-order chi connectivity index (χ1) is 10.2. The van der Waals surface area contributed by atoms with Crippen LogP contribution in [0.2, 0.25) is 0 Å². The Kier molecular flexibility index (Phi) is 5.30. The van der Waals surface area contributed by atoms with Crippen LogP contribution in [-0.4, -0.2) is 11.1 Å². The van der Waals surface area contributed by atoms with E-state index in [4.69, 9.17) is 10.00 Å². The lowest BCUT2D eigenvalue weighted by molar-refractivity contribution is 0.0657. The number of aromatic nitrogens is 1. The van der Waals surface area contributed by atoms with E-state index in [-0.39, 0.29) is 6.10 Å². The minimum Gasteiger partial charge on any atom is -0.374 e. The molecule has 2 rings (SSSR count). The number of benzene rings is 1. The average Bonchev–Trinajstić information content (AvgIpc) is 2.52. The van der Waals surface area contributed by atoms with E-state index in [1.54, 1.807) is 12.3 Å². The molecule has 1 aromatic carbocycles. The van der Waals surface area contributed by atoms with Gasteiger partial charge in [-0.2, -0.15) is 5.26 Å². The van der Waals surface area contributed by atoms with Crippen molar-refractivity contribution in [3.63, 3.8) is 0 Å². The third-order valence-electron chi connectivity index (χ3n) is 2.97. The number of nitrogens with one attached hydrogen (secondary N) is 1. The Morgan fingerprint density at radius 3 is 2.43 bits per heavy atom. The van der Waals surface area contributed by atoms with Crippen LogP contribution in [-0.2, 0) is 17.9 Å². The molecule has 0 aliphatic carbocycles. The van der Waals surface area contributed by atoms with Gasteiger partial charge >= 0.3 is 0 Å². The standard InChI is InChI=1S/C17H19N3O/c1-13(2)21-12-15-5-3-14(4-6-15)10-19-17-8-7-16(9-18)11-20-17/h3-8,11,13H,10,12H2,1-2H3,(H,19,20). The van der Waals surface area contributed by atoms with E-state index in [0.29, 0.717) is 18.7 Å². The fourth-order valence-corrected chi connectivity index (χ4v) is 1.77. The predicted octanol–water partition coefficient (Wildman–Crippen LogP) is 3.49. The van der Waals surface area contributed by atoms with Crippen LogP contribution in [0.15, 0.2) is 42.6 Å². The van der Waals surface area contributed by atoms with Gasteiger partial charge in [0.2, 0.25) is 0 Å². The summed E-state index contributed by atoms with van der Waals surface area (Å²) in [4.78, 5) is 4.18. The van der Waals surface area contributed by atoms with Crippen LogP contribution < -0.4 is 5.32 Å². The number of ether oxygens (including phenoxy) is 1. The first-order valence-electron chi connectivity index (χ1n) is 6.97. The largest absolute Gasteiger partial charge is 0.374 e. The Balaban J connectivity index is 1.86. The fraction of sp³-hybridized carbons (Fsp3) is 0.294. The molecule has 4 heteroatoms. The molecule has 1 aromatic heterocycles. The second-order valence-electron chi connectivity index (χ2n) is 5.07. The van der Waals surface area contributed by atoms with Crippen molar-refractivity contribution in [2.24, 2.45) is 0 Å². The zero-order chi connectivity index (χ0) is 15.1. The predicted molar refractivity (Wildman–Crippen MR) is 82.6 cm³/mol. The molecule has 21 heavy (non-hydrogen) atoms. The molecule has 0 radical (unpaired) electrons. The maximum atomic E-state index is 8.72. The quantitative estimate of drug-likeness (QED) is 0.880. The van der Waals surface area contributed by atoms with Crippen molar-refractivity contribution in [2.45, 2.75) is 33.1 Å². The number of rotatable bonds is 6. The summed E-state index contributed by atoms with van der Waals surface area (Å²) in [6, 6.07) is 13.9. The van der Waals surface area contributed by atoms with Crippen LogP contribution in [0.3, 0.4) is 0 Å². The summed E-state index contributed by atoms with van der Waals surface area (Å²) in [5, 5.41) is 11.9. The molecule has 0 amide bonds. The van der Waals surface area contributed by atoms with Crippen molar-refractivity contribution in [1.29, 1.82) is 5.26 Å². The van der Waals surface area contributed by atoms with Gasteiger partial charge in [0, 0.05) is 12.7 Å². The second kappa shape index (κ2) is 7.41. The van der Waals surface area contributed by atoms with E-state index in [9.17, 15) is 0 Å². The second-order valence-corrected chi connectivity index (χ2v) is 5.07. The van der Waals surface area contributed by atoms with Crippen LogP contribution in [0.1, 0.15) is 30.5 Å². The molecule has 0 unspecified atom stereocenters. The lowest BCUT2D eigenvalue weighted by atomic mass is 10.1. The van der Waals surface area contributed by atoms with Gasteiger partial charge in [-0.1, -0.05) is 24.3 Å². The molecule has 108 valence electrons. The molecule has 1 N–H and O–H groups in total. The van der Waals surface area contributed by atoms with E-state index >= 15 is 0 Å². The number of hydrogen-bond donors (Lipinski definition) is 1. The third kappa shape index (κ3) is 4.90. The molecule has 1 heterocycles. The molecular formula is C17H19N3O. The van der Waals surface area contributed by atoms with Crippen LogP contribution in [0, 0.1) is 11.3 Å². The van der Waals surface area contributed by atoms with Crippen LogP contribution in [0.4, 0.5) is 5.82 Å². The summed E-state index contributed by atoms with van der Waals surface area (Å²) in [5.74, 6) is 0.765. The Morgan fingerprint density at radius 1 is 1.14 bits per heavy atom. The zero-order valence-electron chi connectivity index (χ0n) is 12.3. The lowest BCUT2D eigenvalue weighted by Gasteiger charge is -2.09. The van der Waals surface area contributed by atoms with E-state index in [0.717, 1.165) is 5.82 Å². The van der Waals surface area contributed by atoms with E-state index in [1.807, 2.05) is 19.9 Å². The van der Waals surface area contributed by atoms with Gasteiger partial charge in [0.05, 0.1) is 18.3 Å². The topological polar surface area (TPSA) is 57.9 Å².